The van der Waals surface area contributed by atoms with Crippen molar-refractivity contribution in [2.75, 3.05) is 13.2 Å². The van der Waals surface area contributed by atoms with Gasteiger partial charge in [-0.05, 0) is 25.2 Å². The van der Waals surface area contributed by atoms with Gasteiger partial charge in [0.2, 0.25) is 0 Å². The summed E-state index contributed by atoms with van der Waals surface area (Å²) < 4.78 is 16.6. The van der Waals surface area contributed by atoms with Gasteiger partial charge in [0.15, 0.2) is 6.10 Å². The molecular weight excluding hydrogens is 612 g/mol. The van der Waals surface area contributed by atoms with Gasteiger partial charge in [0, 0.05) is 19.3 Å². The minimum atomic E-state index is -0.757. The quantitative estimate of drug-likeness (QED) is 0.0364. The highest BCUT2D eigenvalue weighted by atomic mass is 16.6. The Kier molecular flexibility index (Phi) is 36.4. The SMILES string of the molecule is CCCCCCCCCCCCC(=O)O[C@@H](COC(=O)CCCCCCCCCCC)COC(=O)CCCCCCCCCCCC(C)C. The second kappa shape index (κ2) is 37.7. The predicted octanol–water partition coefficient (Wildman–Crippen LogP) is 13.2. The highest BCUT2D eigenvalue weighted by Gasteiger charge is 2.19. The molecule has 0 aromatic heterocycles. The summed E-state index contributed by atoms with van der Waals surface area (Å²) in [6, 6.07) is 0. The Hall–Kier alpha value is -1.59. The lowest BCUT2D eigenvalue weighted by Gasteiger charge is -2.18. The van der Waals surface area contributed by atoms with Crippen LogP contribution < -0.4 is 0 Å². The number of hydrogen-bond donors (Lipinski definition) is 0. The van der Waals surface area contributed by atoms with Gasteiger partial charge in [-0.2, -0.15) is 0 Å². The van der Waals surface area contributed by atoms with Crippen LogP contribution in [0, 0.1) is 5.92 Å². The molecule has 6 heteroatoms. The van der Waals surface area contributed by atoms with Crippen LogP contribution in [0.1, 0.15) is 233 Å². The molecule has 0 aliphatic heterocycles. The summed E-state index contributed by atoms with van der Waals surface area (Å²) in [4.78, 5) is 37.5. The van der Waals surface area contributed by atoms with Crippen LogP contribution >= 0.6 is 0 Å². The van der Waals surface area contributed by atoms with Crippen molar-refractivity contribution < 1.29 is 28.6 Å². The Labute approximate surface area is 304 Å². The van der Waals surface area contributed by atoms with Gasteiger partial charge in [-0.15, -0.1) is 0 Å². The fourth-order valence-corrected chi connectivity index (χ4v) is 6.27. The van der Waals surface area contributed by atoms with E-state index >= 15 is 0 Å². The van der Waals surface area contributed by atoms with E-state index < -0.39 is 6.10 Å². The Morgan fingerprint density at radius 2 is 0.673 bits per heavy atom. The Bertz CT molecular complexity index is 736. The molecule has 49 heavy (non-hydrogen) atoms. The van der Waals surface area contributed by atoms with Crippen LogP contribution in [0.2, 0.25) is 0 Å². The van der Waals surface area contributed by atoms with E-state index in [1.165, 1.54) is 128 Å². The molecule has 0 amide bonds. The van der Waals surface area contributed by atoms with Gasteiger partial charge in [0.25, 0.3) is 0 Å². The van der Waals surface area contributed by atoms with Gasteiger partial charge in [0.1, 0.15) is 13.2 Å². The zero-order valence-electron chi connectivity index (χ0n) is 33.1. The van der Waals surface area contributed by atoms with E-state index in [0.29, 0.717) is 19.3 Å². The molecule has 0 saturated heterocycles. The van der Waals surface area contributed by atoms with Crippen molar-refractivity contribution in [3.8, 4) is 0 Å². The van der Waals surface area contributed by atoms with Crippen LogP contribution in [-0.4, -0.2) is 37.2 Å². The average molecular weight is 695 g/mol. The molecule has 0 N–H and O–H groups in total. The molecule has 0 aliphatic carbocycles. The Morgan fingerprint density at radius 3 is 1.00 bits per heavy atom. The number of hydrogen-bond acceptors (Lipinski definition) is 6. The molecule has 0 aromatic rings. The Morgan fingerprint density at radius 1 is 0.388 bits per heavy atom. The molecule has 0 bridgehead atoms. The lowest BCUT2D eigenvalue weighted by atomic mass is 10.0. The van der Waals surface area contributed by atoms with Gasteiger partial charge >= 0.3 is 17.9 Å². The number of esters is 3. The summed E-state index contributed by atoms with van der Waals surface area (Å²) in [5.74, 6) is -0.0541. The molecule has 0 radical (unpaired) electrons. The Balaban J connectivity index is 4.33. The van der Waals surface area contributed by atoms with Crippen LogP contribution in [0.15, 0.2) is 0 Å². The first kappa shape index (κ1) is 47.4. The first-order valence-electron chi connectivity index (χ1n) is 21.4. The molecule has 0 spiro atoms. The van der Waals surface area contributed by atoms with Gasteiger partial charge in [-0.1, -0.05) is 195 Å². The second-order valence-corrected chi connectivity index (χ2v) is 15.1. The van der Waals surface area contributed by atoms with Crippen molar-refractivity contribution >= 4 is 17.9 Å². The van der Waals surface area contributed by atoms with E-state index in [-0.39, 0.29) is 31.1 Å². The van der Waals surface area contributed by atoms with Gasteiger partial charge in [-0.3, -0.25) is 14.4 Å². The zero-order valence-corrected chi connectivity index (χ0v) is 33.1. The molecule has 0 unspecified atom stereocenters. The van der Waals surface area contributed by atoms with Crippen LogP contribution in [0.3, 0.4) is 0 Å². The first-order valence-corrected chi connectivity index (χ1v) is 21.4. The third-order valence-electron chi connectivity index (χ3n) is 9.54. The molecule has 6 nitrogen and oxygen atoms in total. The minimum Gasteiger partial charge on any atom is -0.462 e. The van der Waals surface area contributed by atoms with E-state index in [9.17, 15) is 14.4 Å². The van der Waals surface area contributed by atoms with Crippen LogP contribution in [0.4, 0.5) is 0 Å². The minimum absolute atomic E-state index is 0.0647. The fourth-order valence-electron chi connectivity index (χ4n) is 6.27. The number of carbonyl (C=O) groups is 3. The monoisotopic (exact) mass is 695 g/mol. The lowest BCUT2D eigenvalue weighted by Crippen LogP contribution is -2.30. The molecule has 0 heterocycles. The zero-order chi connectivity index (χ0) is 36.0. The largest absolute Gasteiger partial charge is 0.462 e. The van der Waals surface area contributed by atoms with Crippen molar-refractivity contribution in [2.24, 2.45) is 5.92 Å². The summed E-state index contributed by atoms with van der Waals surface area (Å²) in [5.41, 5.74) is 0. The van der Waals surface area contributed by atoms with E-state index in [0.717, 1.165) is 63.7 Å². The summed E-state index contributed by atoms with van der Waals surface area (Å²) in [7, 11) is 0. The molecule has 0 saturated carbocycles. The summed E-state index contributed by atoms with van der Waals surface area (Å²) in [6.45, 7) is 8.93. The molecule has 0 rings (SSSR count). The van der Waals surface area contributed by atoms with Crippen molar-refractivity contribution in [3.05, 3.63) is 0 Å². The highest BCUT2D eigenvalue weighted by Crippen LogP contribution is 2.15. The number of unbranched alkanes of at least 4 members (excludes halogenated alkanes) is 25. The van der Waals surface area contributed by atoms with Gasteiger partial charge < -0.3 is 14.2 Å². The van der Waals surface area contributed by atoms with Crippen LogP contribution in [0.5, 0.6) is 0 Å². The van der Waals surface area contributed by atoms with E-state index in [1.807, 2.05) is 0 Å². The van der Waals surface area contributed by atoms with Gasteiger partial charge in [-0.25, -0.2) is 0 Å². The maximum Gasteiger partial charge on any atom is 0.306 e. The predicted molar refractivity (Wildman–Crippen MR) is 206 cm³/mol. The highest BCUT2D eigenvalue weighted by molar-refractivity contribution is 5.71. The van der Waals surface area contributed by atoms with Crippen LogP contribution in [0.25, 0.3) is 0 Å². The lowest BCUT2D eigenvalue weighted by molar-refractivity contribution is -0.167. The van der Waals surface area contributed by atoms with E-state index in [2.05, 4.69) is 27.7 Å². The molecule has 290 valence electrons. The molecule has 0 aliphatic rings. The smallest absolute Gasteiger partial charge is 0.306 e. The van der Waals surface area contributed by atoms with Crippen molar-refractivity contribution in [3.63, 3.8) is 0 Å². The summed E-state index contributed by atoms with van der Waals surface area (Å²) >= 11 is 0. The van der Waals surface area contributed by atoms with E-state index in [4.69, 9.17) is 14.2 Å². The normalized spacial score (nSPS) is 11.9. The number of ether oxygens (including phenoxy) is 3. The molecule has 0 aromatic carbocycles. The fraction of sp³-hybridized carbons (Fsp3) is 0.930. The molecular formula is C43H82O6. The van der Waals surface area contributed by atoms with Crippen molar-refractivity contribution in [2.45, 2.75) is 239 Å². The third kappa shape index (κ3) is 37.5. The topological polar surface area (TPSA) is 78.9 Å². The molecule has 1 atom stereocenters. The first-order chi connectivity index (χ1) is 23.9. The third-order valence-corrected chi connectivity index (χ3v) is 9.54. The van der Waals surface area contributed by atoms with Crippen molar-refractivity contribution in [1.82, 2.24) is 0 Å². The average Bonchev–Trinajstić information content (AvgIpc) is 3.08. The maximum absolute atomic E-state index is 12.6. The number of carbonyl (C=O) groups excluding carboxylic acids is 3. The van der Waals surface area contributed by atoms with E-state index in [1.54, 1.807) is 0 Å². The summed E-state index contributed by atoms with van der Waals surface area (Å²) in [6.07, 6.45) is 35.2. The van der Waals surface area contributed by atoms with Gasteiger partial charge in [0.05, 0.1) is 0 Å². The van der Waals surface area contributed by atoms with Crippen LogP contribution in [-0.2, 0) is 28.6 Å². The number of rotatable bonds is 38. The maximum atomic E-state index is 12.6. The molecule has 0 fully saturated rings. The standard InChI is InChI=1S/C43H82O6/c1-5-7-9-11-13-15-19-24-28-32-36-43(46)49-40(37-47-41(44)34-30-26-22-17-14-12-10-8-6-2)38-48-42(45)35-31-27-23-20-16-18-21-25-29-33-39(3)4/h39-40H,5-38H2,1-4H3/t40-/m0/s1. The van der Waals surface area contributed by atoms with Crippen molar-refractivity contribution in [1.29, 1.82) is 0 Å². The second-order valence-electron chi connectivity index (χ2n) is 15.1. The summed E-state index contributed by atoms with van der Waals surface area (Å²) in [5, 5.41) is 0.